The zero-order valence-corrected chi connectivity index (χ0v) is 12.0. The van der Waals surface area contributed by atoms with Crippen molar-refractivity contribution in [3.8, 4) is 0 Å². The normalized spacial score (nSPS) is 20.7. The van der Waals surface area contributed by atoms with Gasteiger partial charge in [0.15, 0.2) is 0 Å². The van der Waals surface area contributed by atoms with Gasteiger partial charge in [-0.3, -0.25) is 0 Å². The summed E-state index contributed by atoms with van der Waals surface area (Å²) in [5.41, 5.74) is 7.50. The highest BCUT2D eigenvalue weighted by atomic mass is 32.2. The number of hydrogen-bond acceptors (Lipinski definition) is 3. The van der Waals surface area contributed by atoms with Crippen LogP contribution >= 0.6 is 11.8 Å². The van der Waals surface area contributed by atoms with Crippen molar-refractivity contribution in [2.75, 3.05) is 17.7 Å². The molecule has 0 atom stereocenters. The average molecular weight is 265 g/mol. The van der Waals surface area contributed by atoms with Gasteiger partial charge in [0.25, 0.3) is 0 Å². The van der Waals surface area contributed by atoms with Crippen molar-refractivity contribution >= 4 is 17.6 Å². The molecule has 1 aromatic rings. The molecule has 18 heavy (non-hydrogen) atoms. The van der Waals surface area contributed by atoms with Crippen molar-refractivity contribution in [1.82, 2.24) is 9.55 Å². The second-order valence-corrected chi connectivity index (χ2v) is 6.61. The van der Waals surface area contributed by atoms with E-state index in [1.54, 1.807) is 0 Å². The zero-order valence-electron chi connectivity index (χ0n) is 11.2. The summed E-state index contributed by atoms with van der Waals surface area (Å²) in [6.07, 6.45) is 11.1. The third-order valence-corrected chi connectivity index (χ3v) is 4.84. The molecule has 2 aliphatic rings. The molecular formula is C14H23N3S. The molecule has 2 saturated carbocycles. The maximum Gasteiger partial charge on any atom is 0.127 e. The standard InChI is InChI=1S/C14H23N3S/c1-18-9-8-12-13(15)17(11-6-7-11)14(16-12)10-4-2-3-5-10/h10-11H,2-9,15H2,1H3. The van der Waals surface area contributed by atoms with Gasteiger partial charge in [0.2, 0.25) is 0 Å². The number of aryl methyl sites for hydroxylation is 1. The van der Waals surface area contributed by atoms with Crippen LogP contribution in [0.15, 0.2) is 0 Å². The summed E-state index contributed by atoms with van der Waals surface area (Å²) in [6, 6.07) is 0.663. The number of nitrogen functional groups attached to an aromatic ring is 1. The fraction of sp³-hybridized carbons (Fsp3) is 0.786. The molecule has 0 aromatic carbocycles. The quantitative estimate of drug-likeness (QED) is 0.887. The Balaban J connectivity index is 1.90. The maximum atomic E-state index is 6.34. The summed E-state index contributed by atoms with van der Waals surface area (Å²) in [4.78, 5) is 4.92. The highest BCUT2D eigenvalue weighted by Gasteiger charge is 2.33. The molecular weight excluding hydrogens is 242 g/mol. The molecule has 3 nitrogen and oxygen atoms in total. The average Bonchev–Trinajstić information content (AvgIpc) is 2.95. The number of aromatic nitrogens is 2. The van der Waals surface area contributed by atoms with Gasteiger partial charge in [0, 0.05) is 18.4 Å². The van der Waals surface area contributed by atoms with Crippen LogP contribution in [0.2, 0.25) is 0 Å². The van der Waals surface area contributed by atoms with Crippen LogP contribution < -0.4 is 5.73 Å². The van der Waals surface area contributed by atoms with E-state index in [1.165, 1.54) is 44.3 Å². The molecule has 0 amide bonds. The molecule has 2 fully saturated rings. The molecule has 1 heterocycles. The van der Waals surface area contributed by atoms with Crippen LogP contribution in [-0.2, 0) is 6.42 Å². The van der Waals surface area contributed by atoms with Gasteiger partial charge in [-0.15, -0.1) is 0 Å². The maximum absolute atomic E-state index is 6.34. The van der Waals surface area contributed by atoms with Crippen LogP contribution in [0.4, 0.5) is 5.82 Å². The van der Waals surface area contributed by atoms with E-state index in [0.29, 0.717) is 12.0 Å². The summed E-state index contributed by atoms with van der Waals surface area (Å²) in [7, 11) is 0. The highest BCUT2D eigenvalue weighted by molar-refractivity contribution is 7.98. The van der Waals surface area contributed by atoms with E-state index < -0.39 is 0 Å². The minimum atomic E-state index is 0.663. The van der Waals surface area contributed by atoms with Crippen molar-refractivity contribution in [1.29, 1.82) is 0 Å². The fourth-order valence-electron chi connectivity index (χ4n) is 3.08. The van der Waals surface area contributed by atoms with Crippen molar-refractivity contribution in [2.24, 2.45) is 0 Å². The first-order valence-corrected chi connectivity index (χ1v) is 8.56. The molecule has 1 aromatic heterocycles. The lowest BCUT2D eigenvalue weighted by atomic mass is 10.1. The fourth-order valence-corrected chi connectivity index (χ4v) is 3.48. The number of imidazole rings is 1. The third kappa shape index (κ3) is 2.27. The van der Waals surface area contributed by atoms with Gasteiger partial charge in [-0.05, 0) is 37.7 Å². The van der Waals surface area contributed by atoms with Gasteiger partial charge in [0.1, 0.15) is 11.6 Å². The number of nitrogens with two attached hydrogens (primary N) is 1. The number of nitrogens with zero attached hydrogens (tertiary/aromatic N) is 2. The molecule has 0 spiro atoms. The van der Waals surface area contributed by atoms with Crippen molar-refractivity contribution in [2.45, 2.75) is 56.9 Å². The van der Waals surface area contributed by atoms with Crippen LogP contribution in [0.1, 0.15) is 62.0 Å². The lowest BCUT2D eigenvalue weighted by Crippen LogP contribution is -2.08. The molecule has 0 unspecified atom stereocenters. The van der Waals surface area contributed by atoms with Gasteiger partial charge in [-0.1, -0.05) is 12.8 Å². The van der Waals surface area contributed by atoms with Crippen LogP contribution in [-0.4, -0.2) is 21.6 Å². The summed E-state index contributed by atoms with van der Waals surface area (Å²) in [6.45, 7) is 0. The van der Waals surface area contributed by atoms with E-state index >= 15 is 0 Å². The Bertz CT molecular complexity index is 417. The molecule has 0 bridgehead atoms. The van der Waals surface area contributed by atoms with Crippen LogP contribution in [0.25, 0.3) is 0 Å². The van der Waals surface area contributed by atoms with E-state index in [9.17, 15) is 0 Å². The molecule has 100 valence electrons. The first kappa shape index (κ1) is 12.4. The minimum Gasteiger partial charge on any atom is -0.384 e. The van der Waals surface area contributed by atoms with Crippen molar-refractivity contribution in [3.05, 3.63) is 11.5 Å². The number of hydrogen-bond donors (Lipinski definition) is 1. The second kappa shape index (κ2) is 5.16. The summed E-state index contributed by atoms with van der Waals surface area (Å²) >= 11 is 1.87. The van der Waals surface area contributed by atoms with E-state index in [2.05, 4.69) is 10.8 Å². The first-order chi connectivity index (χ1) is 8.81. The number of thioether (sulfide) groups is 1. The first-order valence-electron chi connectivity index (χ1n) is 7.16. The van der Waals surface area contributed by atoms with Crippen LogP contribution in [0.5, 0.6) is 0 Å². The Morgan fingerprint density at radius 3 is 2.61 bits per heavy atom. The third-order valence-electron chi connectivity index (χ3n) is 4.23. The van der Waals surface area contributed by atoms with Crippen molar-refractivity contribution < 1.29 is 0 Å². The largest absolute Gasteiger partial charge is 0.384 e. The lowest BCUT2D eigenvalue weighted by Gasteiger charge is -2.12. The van der Waals surface area contributed by atoms with Crippen molar-refractivity contribution in [3.63, 3.8) is 0 Å². The Hall–Kier alpha value is -0.640. The van der Waals surface area contributed by atoms with E-state index in [4.69, 9.17) is 10.7 Å². The van der Waals surface area contributed by atoms with Crippen LogP contribution in [0, 0.1) is 0 Å². The van der Waals surface area contributed by atoms with Crippen LogP contribution in [0.3, 0.4) is 0 Å². The monoisotopic (exact) mass is 265 g/mol. The van der Waals surface area contributed by atoms with E-state index in [-0.39, 0.29) is 0 Å². The summed E-state index contributed by atoms with van der Waals surface area (Å²) in [5.74, 6) is 4.07. The second-order valence-electron chi connectivity index (χ2n) is 5.63. The minimum absolute atomic E-state index is 0.663. The Kier molecular flexibility index (Phi) is 3.55. The Morgan fingerprint density at radius 2 is 2.00 bits per heavy atom. The van der Waals surface area contributed by atoms with Gasteiger partial charge in [-0.25, -0.2) is 4.98 Å². The topological polar surface area (TPSA) is 43.8 Å². The summed E-state index contributed by atoms with van der Waals surface area (Å²) in [5, 5.41) is 0. The summed E-state index contributed by atoms with van der Waals surface area (Å²) < 4.78 is 2.38. The van der Waals surface area contributed by atoms with Gasteiger partial charge >= 0.3 is 0 Å². The smallest absolute Gasteiger partial charge is 0.127 e. The Labute approximate surface area is 114 Å². The predicted molar refractivity (Wildman–Crippen MR) is 78.2 cm³/mol. The molecule has 4 heteroatoms. The number of anilines is 1. The lowest BCUT2D eigenvalue weighted by molar-refractivity contribution is 0.596. The molecule has 0 saturated heterocycles. The van der Waals surface area contributed by atoms with Gasteiger partial charge < -0.3 is 10.3 Å². The predicted octanol–water partition coefficient (Wildman–Crippen LogP) is 3.36. The van der Waals surface area contributed by atoms with Gasteiger partial charge in [0.05, 0.1) is 5.69 Å². The molecule has 2 aliphatic carbocycles. The SMILES string of the molecule is CSCCc1nc(C2CCCC2)n(C2CC2)c1N. The zero-order chi connectivity index (χ0) is 12.5. The van der Waals surface area contributed by atoms with Gasteiger partial charge in [-0.2, -0.15) is 11.8 Å². The highest BCUT2D eigenvalue weighted by Crippen LogP contribution is 2.43. The molecule has 0 aliphatic heterocycles. The molecule has 0 radical (unpaired) electrons. The molecule has 3 rings (SSSR count). The number of rotatable bonds is 5. The van der Waals surface area contributed by atoms with E-state index in [0.717, 1.165) is 23.7 Å². The van der Waals surface area contributed by atoms with E-state index in [1.807, 2.05) is 11.8 Å². The Morgan fingerprint density at radius 1 is 1.28 bits per heavy atom. The molecule has 2 N–H and O–H groups in total.